The molecule has 8 aromatic rings. The molecule has 0 spiro atoms. The molecule has 81 heavy (non-hydrogen) atoms. The minimum absolute atomic E-state index is 0.0149. The molecule has 3 aliphatic rings. The maximum absolute atomic E-state index is 15.8. The molecule has 3 aliphatic heterocycles. The van der Waals surface area contributed by atoms with E-state index >= 15 is 17.6 Å². The van der Waals surface area contributed by atoms with Crippen molar-refractivity contribution in [1.82, 2.24) is 55.7 Å². The number of ether oxygens (including phenoxy) is 3. The molecule has 2 amide bonds. The molecule has 4 N–H and O–H groups in total. The zero-order valence-electron chi connectivity index (χ0n) is 44.3. The number of halogens is 6. The number of benzene rings is 4. The van der Waals surface area contributed by atoms with Crippen molar-refractivity contribution in [2.45, 2.75) is 89.1 Å². The van der Waals surface area contributed by atoms with Crippen molar-refractivity contribution in [2.75, 3.05) is 44.9 Å². The average molecular weight is 1140 g/mol. The van der Waals surface area contributed by atoms with Crippen LogP contribution in [-0.2, 0) is 27.1 Å². The van der Waals surface area contributed by atoms with E-state index in [0.717, 1.165) is 24.8 Å². The van der Waals surface area contributed by atoms with Crippen LogP contribution < -0.4 is 25.0 Å². The fraction of sp³-hybridized carbons (Fsp3) is 0.368. The topological polar surface area (TPSA) is 211 Å². The van der Waals surface area contributed by atoms with Gasteiger partial charge in [-0.3, -0.25) is 19.7 Å². The molecule has 3 fully saturated rings. The van der Waals surface area contributed by atoms with Gasteiger partial charge in [-0.2, -0.15) is 28.2 Å². The summed E-state index contributed by atoms with van der Waals surface area (Å²) < 4.78 is 97.1. The summed E-state index contributed by atoms with van der Waals surface area (Å²) in [5.41, 5.74) is 1.10. The van der Waals surface area contributed by atoms with Crippen LogP contribution in [0.4, 0.5) is 27.8 Å². The summed E-state index contributed by atoms with van der Waals surface area (Å²) >= 11 is 6.69. The first-order chi connectivity index (χ1) is 39.0. The van der Waals surface area contributed by atoms with Crippen molar-refractivity contribution >= 4 is 51.0 Å². The lowest BCUT2D eigenvalue weighted by Gasteiger charge is -2.30. The highest BCUT2D eigenvalue weighted by molar-refractivity contribution is 6.35. The number of alkyl halides is 3. The van der Waals surface area contributed by atoms with Crippen molar-refractivity contribution in [3.05, 3.63) is 125 Å². The zero-order chi connectivity index (χ0) is 56.9. The predicted octanol–water partition coefficient (Wildman–Crippen LogP) is 9.03. The van der Waals surface area contributed by atoms with Crippen molar-refractivity contribution in [1.29, 1.82) is 0 Å². The first-order valence-corrected chi connectivity index (χ1v) is 26.9. The number of carbonyl (C=O) groups excluding carboxylic acids is 2. The molecule has 3 saturated heterocycles. The van der Waals surface area contributed by atoms with Gasteiger partial charge in [-0.1, -0.05) is 79.2 Å². The summed E-state index contributed by atoms with van der Waals surface area (Å²) in [5, 5.41) is 31.7. The van der Waals surface area contributed by atoms with Crippen LogP contribution in [0.25, 0.3) is 55.3 Å². The Kier molecular flexibility index (Phi) is 15.4. The first kappa shape index (κ1) is 55.1. The van der Waals surface area contributed by atoms with Gasteiger partial charge in [0, 0.05) is 84.1 Å². The fourth-order valence-electron chi connectivity index (χ4n) is 11.1. The predicted molar refractivity (Wildman–Crippen MR) is 290 cm³/mol. The summed E-state index contributed by atoms with van der Waals surface area (Å²) in [6.07, 6.45) is 1.81. The standard InChI is InChI=1S/C57H56ClF5N12O6/c1-29(2)51(55(78)73-17-5-6-46(73)54(77)67-45(26-76)34-13-11-32(12-14-34)37-15-16-64-23-42(37)60)75-25-44(71-72-75)33-9-7-31(8-10-33)28-80-52-48(47-39-22-66-70-43(39)20-41(59)49(47)58)40(57(61,62)63)19-38-50(52)68-56(81-27-30(3)79-4)69-53(38)74-24-35-18-36(74)21-65-35/h7-16,19-20,22-23,25,29-30,35-36,45-46,51,65,76H,5-6,17-18,21,24,26-28H2,1-4H3,(H,66,70)(H,67,77)/t30-,35?,36?,45?,46?,51?/m0/s1. The molecule has 2 bridgehead atoms. The number of aliphatic hydroxyl groups is 1. The highest BCUT2D eigenvalue weighted by Crippen LogP contribution is 2.52. The number of hydrogen-bond acceptors (Lipinski definition) is 14. The van der Waals surface area contributed by atoms with Crippen molar-refractivity contribution in [3.8, 4) is 45.3 Å². The molecule has 0 saturated carbocycles. The maximum Gasteiger partial charge on any atom is 0.417 e. The Morgan fingerprint density at radius 2 is 1.73 bits per heavy atom. The number of methoxy groups -OCH3 is 1. The SMILES string of the molecule is CO[C@@H](C)COc1nc(N2CC3CC2CN3)c2cc(C(F)(F)F)c(-c3c(Cl)c(F)cc4[nH]ncc34)c(OCc3ccc(-c4cn(C(C(=O)N5CCCC5C(=O)NC(CO)c5ccc(-c6ccncc6F)cc5)C(C)C)nn4)cc3)c2n1. The molecular formula is C57H56ClF5N12O6. The maximum atomic E-state index is 15.8. The number of aromatic nitrogens is 8. The highest BCUT2D eigenvalue weighted by Gasteiger charge is 2.44. The molecule has 24 heteroatoms. The molecule has 5 unspecified atom stereocenters. The Balaban J connectivity index is 0.873. The minimum atomic E-state index is -5.03. The third-order valence-electron chi connectivity index (χ3n) is 15.3. The van der Waals surface area contributed by atoms with Gasteiger partial charge < -0.3 is 39.8 Å². The smallest absolute Gasteiger partial charge is 0.417 e. The number of rotatable bonds is 18. The van der Waals surface area contributed by atoms with Gasteiger partial charge >= 0.3 is 12.2 Å². The number of aliphatic hydroxyl groups excluding tert-OH is 1. The normalized spacial score (nSPS) is 18.3. The molecule has 0 aliphatic carbocycles. The lowest BCUT2D eigenvalue weighted by Crippen LogP contribution is -2.50. The van der Waals surface area contributed by atoms with Crippen LogP contribution in [0, 0.1) is 17.6 Å². The monoisotopic (exact) mass is 1130 g/mol. The zero-order valence-corrected chi connectivity index (χ0v) is 45.1. The lowest BCUT2D eigenvalue weighted by molar-refractivity contribution is -0.142. The first-order valence-electron chi connectivity index (χ1n) is 26.5. The van der Waals surface area contributed by atoms with E-state index in [9.17, 15) is 19.1 Å². The molecule has 422 valence electrons. The Morgan fingerprint density at radius 1 is 0.951 bits per heavy atom. The Morgan fingerprint density at radius 3 is 2.42 bits per heavy atom. The number of likely N-dealkylation sites (tertiary alicyclic amines) is 1. The molecular weight excluding hydrogens is 1080 g/mol. The molecule has 7 heterocycles. The number of anilines is 1. The van der Waals surface area contributed by atoms with Gasteiger partial charge in [0.15, 0.2) is 5.75 Å². The van der Waals surface area contributed by atoms with Crippen LogP contribution in [-0.4, -0.2) is 126 Å². The van der Waals surface area contributed by atoms with Crippen molar-refractivity contribution < 1.29 is 50.9 Å². The van der Waals surface area contributed by atoms with Crippen LogP contribution in [0.2, 0.25) is 5.02 Å². The van der Waals surface area contributed by atoms with Crippen LogP contribution in [0.3, 0.4) is 0 Å². The quantitative estimate of drug-likeness (QED) is 0.0591. The lowest BCUT2D eigenvalue weighted by atomic mass is 9.93. The van der Waals surface area contributed by atoms with E-state index in [1.807, 2.05) is 18.7 Å². The van der Waals surface area contributed by atoms with E-state index < -0.39 is 70.7 Å². The summed E-state index contributed by atoms with van der Waals surface area (Å²) in [5.74, 6) is -2.67. The number of fused-ring (bicyclic) bond motifs is 4. The summed E-state index contributed by atoms with van der Waals surface area (Å²) in [4.78, 5) is 45.2. The summed E-state index contributed by atoms with van der Waals surface area (Å²) in [7, 11) is 1.51. The molecule has 18 nitrogen and oxygen atoms in total. The van der Waals surface area contributed by atoms with Gasteiger partial charge in [-0.05, 0) is 60.9 Å². The molecule has 11 rings (SSSR count). The van der Waals surface area contributed by atoms with Gasteiger partial charge in [-0.25, -0.2) is 13.5 Å². The minimum Gasteiger partial charge on any atom is -0.486 e. The third kappa shape index (κ3) is 10.8. The molecule has 6 atom stereocenters. The second-order valence-corrected chi connectivity index (χ2v) is 21.3. The van der Waals surface area contributed by atoms with Gasteiger partial charge in [0.05, 0.1) is 53.4 Å². The van der Waals surface area contributed by atoms with Gasteiger partial charge in [0.1, 0.15) is 54.0 Å². The second kappa shape index (κ2) is 22.6. The number of carbonyl (C=O) groups is 2. The number of hydrogen-bond donors (Lipinski definition) is 4. The Hall–Kier alpha value is -7.86. The van der Waals surface area contributed by atoms with Crippen LogP contribution in [0.15, 0.2) is 91.5 Å². The Bertz CT molecular complexity index is 3640. The number of nitrogens with zero attached hydrogens (tertiary/aromatic N) is 9. The number of H-pyrrole nitrogens is 1. The summed E-state index contributed by atoms with van der Waals surface area (Å²) in [6.45, 7) is 6.16. The molecule has 4 aromatic carbocycles. The third-order valence-corrected chi connectivity index (χ3v) is 15.7. The second-order valence-electron chi connectivity index (χ2n) is 20.9. The van der Waals surface area contributed by atoms with E-state index in [0.29, 0.717) is 66.0 Å². The van der Waals surface area contributed by atoms with Crippen molar-refractivity contribution in [2.24, 2.45) is 5.92 Å². The number of aromatic amines is 1. The molecule has 4 aromatic heterocycles. The van der Waals surface area contributed by atoms with E-state index in [2.05, 4.69) is 36.1 Å². The summed E-state index contributed by atoms with van der Waals surface area (Å²) in [6, 6.07) is 14.6. The van der Waals surface area contributed by atoms with E-state index in [-0.39, 0.29) is 82.1 Å². The van der Waals surface area contributed by atoms with Gasteiger partial charge in [-0.15, -0.1) is 5.10 Å². The van der Waals surface area contributed by atoms with Crippen molar-refractivity contribution in [3.63, 3.8) is 0 Å². The Labute approximate surface area is 466 Å². The van der Waals surface area contributed by atoms with Crippen LogP contribution in [0.1, 0.15) is 68.8 Å². The van der Waals surface area contributed by atoms with Crippen LogP contribution >= 0.6 is 11.6 Å². The number of nitrogens with one attached hydrogen (secondary N) is 3. The van der Waals surface area contributed by atoms with Gasteiger partial charge in [0.2, 0.25) is 11.8 Å². The average Bonchev–Trinajstić information content (AvgIpc) is 3.83. The van der Waals surface area contributed by atoms with Crippen LogP contribution in [0.5, 0.6) is 11.8 Å². The fourth-order valence-corrected chi connectivity index (χ4v) is 11.4. The highest BCUT2D eigenvalue weighted by atomic mass is 35.5. The largest absolute Gasteiger partial charge is 0.486 e. The van der Waals surface area contributed by atoms with E-state index in [1.54, 1.807) is 67.7 Å². The van der Waals surface area contributed by atoms with E-state index in [1.165, 1.54) is 29.1 Å². The van der Waals surface area contributed by atoms with E-state index in [4.69, 9.17) is 35.8 Å². The number of piperazine rings is 1. The number of pyridine rings is 1. The molecule has 0 radical (unpaired) electrons. The van der Waals surface area contributed by atoms with Gasteiger partial charge in [0.25, 0.3) is 0 Å². The number of amides is 2.